The van der Waals surface area contributed by atoms with Crippen LogP contribution >= 0.6 is 0 Å². The van der Waals surface area contributed by atoms with Crippen LogP contribution in [-0.4, -0.2) is 33.1 Å². The smallest absolute Gasteiger partial charge is 0.325 e. The number of rotatable bonds is 7. The third-order valence-electron chi connectivity index (χ3n) is 2.21. The third kappa shape index (κ3) is 3.97. The summed E-state index contributed by atoms with van der Waals surface area (Å²) in [7, 11) is 3.08. The van der Waals surface area contributed by atoms with Crippen molar-refractivity contribution in [2.45, 2.75) is 6.61 Å². The van der Waals surface area contributed by atoms with Gasteiger partial charge in [-0.25, -0.2) is 0 Å². The summed E-state index contributed by atoms with van der Waals surface area (Å²) in [5.74, 6) is 0.718. The second kappa shape index (κ2) is 7.16. The number of hydrogen-bond donors (Lipinski definition) is 1. The summed E-state index contributed by atoms with van der Waals surface area (Å²) in [6.45, 7) is -0.0749. The van der Waals surface area contributed by atoms with Crippen LogP contribution in [0.4, 0.5) is 0 Å². The zero-order chi connectivity index (χ0) is 13.4. The van der Waals surface area contributed by atoms with Crippen molar-refractivity contribution in [3.8, 4) is 11.5 Å². The summed E-state index contributed by atoms with van der Waals surface area (Å²) in [6.07, 6.45) is 0.440. The zero-order valence-electron chi connectivity index (χ0n) is 10.3. The molecule has 0 unspecified atom stereocenters. The number of carbonyl (C=O) groups is 2. The summed E-state index contributed by atoms with van der Waals surface area (Å²) >= 11 is 0. The third-order valence-corrected chi connectivity index (χ3v) is 2.21. The molecule has 98 valence electrons. The van der Waals surface area contributed by atoms with Gasteiger partial charge in [0.15, 0.2) is 0 Å². The fraction of sp³-hybridized carbons (Fsp3) is 0.333. The Balaban J connectivity index is 2.61. The van der Waals surface area contributed by atoms with Crippen LogP contribution in [0.1, 0.15) is 5.56 Å². The number of esters is 1. The zero-order valence-corrected chi connectivity index (χ0v) is 10.3. The first kappa shape index (κ1) is 13.8. The van der Waals surface area contributed by atoms with Crippen molar-refractivity contribution in [3.05, 3.63) is 23.8 Å². The van der Waals surface area contributed by atoms with Crippen molar-refractivity contribution < 1.29 is 23.8 Å². The van der Waals surface area contributed by atoms with Crippen LogP contribution in [0.15, 0.2) is 18.2 Å². The van der Waals surface area contributed by atoms with Crippen LogP contribution in [0.25, 0.3) is 0 Å². The topological polar surface area (TPSA) is 73.9 Å². The minimum atomic E-state index is -0.514. The number of methoxy groups -OCH3 is 2. The molecule has 0 aromatic heterocycles. The molecule has 0 fully saturated rings. The van der Waals surface area contributed by atoms with E-state index in [1.807, 2.05) is 0 Å². The maximum Gasteiger partial charge on any atom is 0.325 e. The van der Waals surface area contributed by atoms with E-state index < -0.39 is 5.97 Å². The van der Waals surface area contributed by atoms with Gasteiger partial charge in [-0.1, -0.05) is 0 Å². The Morgan fingerprint density at radius 1 is 1.33 bits per heavy atom. The molecule has 0 atom stereocenters. The highest BCUT2D eigenvalue weighted by atomic mass is 16.5. The van der Waals surface area contributed by atoms with Gasteiger partial charge in [-0.3, -0.25) is 9.59 Å². The van der Waals surface area contributed by atoms with Gasteiger partial charge in [0.2, 0.25) is 6.41 Å². The Bertz CT molecular complexity index is 419. The number of hydrogen-bond acceptors (Lipinski definition) is 5. The monoisotopic (exact) mass is 253 g/mol. The van der Waals surface area contributed by atoms with Crippen LogP contribution < -0.4 is 14.8 Å². The second-order valence-corrected chi connectivity index (χ2v) is 3.34. The van der Waals surface area contributed by atoms with E-state index in [-0.39, 0.29) is 13.2 Å². The predicted molar refractivity (Wildman–Crippen MR) is 63.4 cm³/mol. The van der Waals surface area contributed by atoms with E-state index in [4.69, 9.17) is 14.2 Å². The average Bonchev–Trinajstić information content (AvgIpc) is 2.42. The van der Waals surface area contributed by atoms with Crippen LogP contribution in [-0.2, 0) is 20.9 Å². The molecule has 18 heavy (non-hydrogen) atoms. The van der Waals surface area contributed by atoms with Gasteiger partial charge in [0, 0.05) is 11.6 Å². The summed E-state index contributed by atoms with van der Waals surface area (Å²) < 4.78 is 15.2. The van der Waals surface area contributed by atoms with Crippen LogP contribution in [0.5, 0.6) is 11.5 Å². The number of carbonyl (C=O) groups excluding carboxylic acids is 2. The molecule has 0 radical (unpaired) electrons. The summed E-state index contributed by atoms with van der Waals surface area (Å²) in [5.41, 5.74) is 0.720. The van der Waals surface area contributed by atoms with Gasteiger partial charge in [0.25, 0.3) is 0 Å². The van der Waals surface area contributed by atoms with E-state index in [0.717, 1.165) is 5.56 Å². The molecule has 0 bridgehead atoms. The number of nitrogens with one attached hydrogen (secondary N) is 1. The van der Waals surface area contributed by atoms with Gasteiger partial charge in [-0.15, -0.1) is 0 Å². The Hall–Kier alpha value is -2.24. The van der Waals surface area contributed by atoms with Crippen LogP contribution in [0.2, 0.25) is 0 Å². The molecule has 0 aliphatic heterocycles. The summed E-state index contributed by atoms with van der Waals surface area (Å²) in [6, 6.07) is 5.19. The van der Waals surface area contributed by atoms with Crippen LogP contribution in [0.3, 0.4) is 0 Å². The normalized spacial score (nSPS) is 9.44. The first-order valence-electron chi connectivity index (χ1n) is 5.24. The highest BCUT2D eigenvalue weighted by Crippen LogP contribution is 2.25. The lowest BCUT2D eigenvalue weighted by atomic mass is 10.2. The molecular weight excluding hydrogens is 238 g/mol. The molecule has 1 rings (SSSR count). The quantitative estimate of drug-likeness (QED) is 0.565. The highest BCUT2D eigenvalue weighted by Gasteiger charge is 2.08. The Morgan fingerprint density at radius 3 is 2.72 bits per heavy atom. The Labute approximate surface area is 105 Å². The van der Waals surface area contributed by atoms with E-state index in [1.54, 1.807) is 25.3 Å². The maximum absolute atomic E-state index is 11.2. The van der Waals surface area contributed by atoms with E-state index in [2.05, 4.69) is 5.32 Å². The van der Waals surface area contributed by atoms with Gasteiger partial charge in [0.05, 0.1) is 14.2 Å². The van der Waals surface area contributed by atoms with Crippen molar-refractivity contribution in [2.75, 3.05) is 20.8 Å². The predicted octanol–water partition coefficient (Wildman–Crippen LogP) is 0.493. The molecule has 1 amide bonds. The lowest BCUT2D eigenvalue weighted by Gasteiger charge is -2.10. The first-order chi connectivity index (χ1) is 8.71. The molecule has 0 heterocycles. The molecule has 1 aromatic carbocycles. The van der Waals surface area contributed by atoms with Crippen molar-refractivity contribution >= 4 is 12.4 Å². The van der Waals surface area contributed by atoms with Gasteiger partial charge in [-0.2, -0.15) is 0 Å². The Kier molecular flexibility index (Phi) is 5.50. The number of amides is 1. The fourth-order valence-corrected chi connectivity index (χ4v) is 1.31. The summed E-state index contributed by atoms with van der Waals surface area (Å²) in [5, 5.41) is 2.22. The van der Waals surface area contributed by atoms with Gasteiger partial charge >= 0.3 is 5.97 Å². The van der Waals surface area contributed by atoms with E-state index in [9.17, 15) is 9.59 Å². The lowest BCUT2D eigenvalue weighted by molar-refractivity contribution is -0.144. The molecule has 1 aromatic rings. The van der Waals surface area contributed by atoms with E-state index in [1.165, 1.54) is 7.11 Å². The maximum atomic E-state index is 11.2. The van der Waals surface area contributed by atoms with Crippen molar-refractivity contribution in [1.29, 1.82) is 0 Å². The van der Waals surface area contributed by atoms with Gasteiger partial charge in [0.1, 0.15) is 24.7 Å². The second-order valence-electron chi connectivity index (χ2n) is 3.34. The molecule has 0 saturated carbocycles. The minimum absolute atomic E-state index is 0.0759. The molecule has 6 heteroatoms. The van der Waals surface area contributed by atoms with Gasteiger partial charge < -0.3 is 19.5 Å². The summed E-state index contributed by atoms with van der Waals surface area (Å²) in [4.78, 5) is 21.2. The molecule has 0 saturated heterocycles. The molecule has 0 spiro atoms. The first-order valence-corrected chi connectivity index (χ1v) is 5.24. The SMILES string of the molecule is COc1ccc(COC(=O)CNC=O)c(OC)c1. The lowest BCUT2D eigenvalue weighted by Crippen LogP contribution is -2.23. The van der Waals surface area contributed by atoms with Crippen molar-refractivity contribution in [3.63, 3.8) is 0 Å². The van der Waals surface area contributed by atoms with Crippen molar-refractivity contribution in [1.82, 2.24) is 5.32 Å². The molecule has 0 aliphatic carbocycles. The van der Waals surface area contributed by atoms with E-state index >= 15 is 0 Å². The largest absolute Gasteiger partial charge is 0.497 e. The van der Waals surface area contributed by atoms with Gasteiger partial charge in [-0.05, 0) is 12.1 Å². The molecular formula is C12H15NO5. The molecule has 6 nitrogen and oxygen atoms in total. The number of benzene rings is 1. The molecule has 1 N–H and O–H groups in total. The minimum Gasteiger partial charge on any atom is -0.497 e. The molecule has 0 aliphatic rings. The average molecular weight is 253 g/mol. The van der Waals surface area contributed by atoms with E-state index in [0.29, 0.717) is 17.9 Å². The Morgan fingerprint density at radius 2 is 2.11 bits per heavy atom. The van der Waals surface area contributed by atoms with Crippen LogP contribution in [0, 0.1) is 0 Å². The fourth-order valence-electron chi connectivity index (χ4n) is 1.31. The number of ether oxygens (including phenoxy) is 3. The standard InChI is InChI=1S/C12H15NO5/c1-16-10-4-3-9(11(5-10)17-2)7-18-12(15)6-13-8-14/h3-5,8H,6-7H2,1-2H3,(H,13,14). The van der Waals surface area contributed by atoms with Crippen molar-refractivity contribution in [2.24, 2.45) is 0 Å². The highest BCUT2D eigenvalue weighted by molar-refractivity contribution is 5.74.